The molecular formula is C23H24ClF3N6O2. The first-order chi connectivity index (χ1) is 16.8. The van der Waals surface area contributed by atoms with Crippen molar-refractivity contribution in [2.45, 2.75) is 57.6 Å². The van der Waals surface area contributed by atoms with Gasteiger partial charge in [0.25, 0.3) is 5.56 Å². The number of aromatic nitrogens is 5. The van der Waals surface area contributed by atoms with E-state index in [2.05, 4.69) is 15.4 Å². The summed E-state index contributed by atoms with van der Waals surface area (Å²) in [6.45, 7) is 3.06. The van der Waals surface area contributed by atoms with Crippen molar-refractivity contribution in [1.82, 2.24) is 24.8 Å². The molecule has 8 nitrogen and oxygen atoms in total. The van der Waals surface area contributed by atoms with E-state index >= 15 is 0 Å². The zero-order chi connectivity index (χ0) is 24.7. The fourth-order valence-electron chi connectivity index (χ4n) is 4.77. The average molecular weight is 509 g/mol. The van der Waals surface area contributed by atoms with E-state index in [4.69, 9.17) is 16.3 Å². The number of ether oxygens (including phenoxy) is 1. The van der Waals surface area contributed by atoms with Crippen LogP contribution in [0.15, 0.2) is 35.3 Å². The summed E-state index contributed by atoms with van der Waals surface area (Å²) in [6.07, 6.45) is -0.242. The van der Waals surface area contributed by atoms with Crippen LogP contribution in [0.1, 0.15) is 61.0 Å². The first kappa shape index (κ1) is 23.8. The monoisotopic (exact) mass is 508 g/mol. The Labute approximate surface area is 204 Å². The Bertz CT molecular complexity index is 1280. The number of anilines is 1. The molecule has 2 unspecified atom stereocenters. The van der Waals surface area contributed by atoms with Crippen LogP contribution in [-0.4, -0.2) is 37.9 Å². The van der Waals surface area contributed by atoms with Gasteiger partial charge in [-0.2, -0.15) is 23.0 Å². The van der Waals surface area contributed by atoms with Crippen molar-refractivity contribution in [2.75, 3.05) is 18.1 Å². The van der Waals surface area contributed by atoms with Crippen molar-refractivity contribution in [3.63, 3.8) is 0 Å². The molecule has 2 aromatic heterocycles. The van der Waals surface area contributed by atoms with E-state index in [1.807, 2.05) is 4.90 Å². The molecule has 0 amide bonds. The van der Waals surface area contributed by atoms with Gasteiger partial charge in [0.05, 0.1) is 35.7 Å². The Morgan fingerprint density at radius 1 is 1.23 bits per heavy atom. The van der Waals surface area contributed by atoms with E-state index in [0.717, 1.165) is 24.6 Å². The molecule has 4 heterocycles. The van der Waals surface area contributed by atoms with Gasteiger partial charge in [0.1, 0.15) is 10.7 Å². The summed E-state index contributed by atoms with van der Waals surface area (Å²) in [4.78, 5) is 14.8. The lowest BCUT2D eigenvalue weighted by Gasteiger charge is -2.30. The third kappa shape index (κ3) is 4.42. The van der Waals surface area contributed by atoms with E-state index in [1.54, 1.807) is 23.9 Å². The zero-order valence-corrected chi connectivity index (χ0v) is 19.8. The van der Waals surface area contributed by atoms with E-state index in [0.29, 0.717) is 43.9 Å². The molecule has 0 saturated carbocycles. The van der Waals surface area contributed by atoms with Crippen LogP contribution in [0.25, 0.3) is 0 Å². The van der Waals surface area contributed by atoms with Crippen LogP contribution in [0.2, 0.25) is 5.02 Å². The Kier molecular flexibility index (Phi) is 6.30. The number of hydrogen-bond donors (Lipinski definition) is 0. The van der Waals surface area contributed by atoms with Crippen LogP contribution in [0.5, 0.6) is 0 Å². The minimum atomic E-state index is -4.46. The summed E-state index contributed by atoms with van der Waals surface area (Å²) < 4.78 is 49.1. The largest absolute Gasteiger partial charge is 0.416 e. The molecular weight excluding hydrogens is 485 g/mol. The van der Waals surface area contributed by atoms with E-state index in [9.17, 15) is 18.0 Å². The maximum absolute atomic E-state index is 13.5. The summed E-state index contributed by atoms with van der Waals surface area (Å²) in [5.74, 6) is 0. The Balaban J connectivity index is 1.40. The van der Waals surface area contributed by atoms with Gasteiger partial charge in [-0.25, -0.2) is 4.68 Å². The summed E-state index contributed by atoms with van der Waals surface area (Å²) in [5, 5.41) is 12.8. The van der Waals surface area contributed by atoms with Crippen LogP contribution >= 0.6 is 11.6 Å². The second-order valence-electron chi connectivity index (χ2n) is 8.77. The second-order valence-corrected chi connectivity index (χ2v) is 9.15. The topological polar surface area (TPSA) is 78.1 Å². The van der Waals surface area contributed by atoms with Gasteiger partial charge in [-0.3, -0.25) is 4.79 Å². The lowest BCUT2D eigenvalue weighted by molar-refractivity contribution is -0.138. The SMILES string of the molecule is CC(c1ccccc1C(F)(F)F)n1nnc2c1CCN(c1cnn(C3CCCCO3)c(=O)c1Cl)C2. The molecule has 2 atom stereocenters. The molecule has 2 aliphatic rings. The molecule has 0 bridgehead atoms. The Hall–Kier alpha value is -2.92. The molecule has 1 saturated heterocycles. The van der Waals surface area contributed by atoms with E-state index < -0.39 is 29.6 Å². The number of benzene rings is 1. The Morgan fingerprint density at radius 2 is 2.03 bits per heavy atom. The molecule has 1 aromatic carbocycles. The van der Waals surface area contributed by atoms with Gasteiger partial charge in [-0.1, -0.05) is 35.0 Å². The first-order valence-electron chi connectivity index (χ1n) is 11.5. The highest BCUT2D eigenvalue weighted by Crippen LogP contribution is 2.36. The van der Waals surface area contributed by atoms with Crippen molar-refractivity contribution >= 4 is 17.3 Å². The van der Waals surface area contributed by atoms with Crippen LogP contribution in [0.3, 0.4) is 0 Å². The molecule has 2 aliphatic heterocycles. The van der Waals surface area contributed by atoms with E-state index in [1.165, 1.54) is 16.8 Å². The normalized spacial score (nSPS) is 19.5. The fourth-order valence-corrected chi connectivity index (χ4v) is 5.03. The van der Waals surface area contributed by atoms with Crippen molar-refractivity contribution in [2.24, 2.45) is 0 Å². The third-order valence-corrected chi connectivity index (χ3v) is 6.96. The smallest absolute Gasteiger partial charge is 0.362 e. The maximum Gasteiger partial charge on any atom is 0.416 e. The number of rotatable bonds is 4. The number of fused-ring (bicyclic) bond motifs is 1. The minimum Gasteiger partial charge on any atom is -0.362 e. The molecule has 12 heteroatoms. The molecule has 0 N–H and O–H groups in total. The highest BCUT2D eigenvalue weighted by atomic mass is 35.5. The molecule has 0 radical (unpaired) electrons. The average Bonchev–Trinajstić information content (AvgIpc) is 3.28. The fraction of sp³-hybridized carbons (Fsp3) is 0.478. The van der Waals surface area contributed by atoms with Crippen molar-refractivity contribution in [3.8, 4) is 0 Å². The van der Waals surface area contributed by atoms with Crippen LogP contribution < -0.4 is 10.5 Å². The molecule has 35 heavy (non-hydrogen) atoms. The summed E-state index contributed by atoms with van der Waals surface area (Å²) in [5.41, 5.74) is 0.912. The molecule has 1 fully saturated rings. The van der Waals surface area contributed by atoms with E-state index in [-0.39, 0.29) is 10.6 Å². The van der Waals surface area contributed by atoms with Crippen LogP contribution in [-0.2, 0) is 23.9 Å². The summed E-state index contributed by atoms with van der Waals surface area (Å²) >= 11 is 6.46. The first-order valence-corrected chi connectivity index (χ1v) is 11.9. The van der Waals surface area contributed by atoms with Gasteiger partial charge in [0, 0.05) is 19.6 Å². The lowest BCUT2D eigenvalue weighted by atomic mass is 10.0. The van der Waals surface area contributed by atoms with Gasteiger partial charge < -0.3 is 9.64 Å². The molecule has 0 aliphatic carbocycles. The standard InChI is InChI=1S/C23H24ClF3N6O2/c1-14(15-6-2-3-7-16(15)23(25,26)27)32-18-9-10-31(13-17(18)29-30-32)19-12-28-33(22(34)21(19)24)20-8-4-5-11-35-20/h2-3,6-7,12,14,20H,4-5,8-11,13H2,1H3. The highest BCUT2D eigenvalue weighted by Gasteiger charge is 2.36. The van der Waals surface area contributed by atoms with Crippen molar-refractivity contribution in [1.29, 1.82) is 0 Å². The molecule has 3 aromatic rings. The minimum absolute atomic E-state index is 0.0532. The van der Waals surface area contributed by atoms with Gasteiger partial charge in [0.15, 0.2) is 6.23 Å². The number of nitrogens with zero attached hydrogens (tertiary/aromatic N) is 6. The van der Waals surface area contributed by atoms with Crippen LogP contribution in [0.4, 0.5) is 18.9 Å². The molecule has 5 rings (SSSR count). The van der Waals surface area contributed by atoms with Gasteiger partial charge in [-0.05, 0) is 37.8 Å². The predicted octanol–water partition coefficient (Wildman–Crippen LogP) is 4.38. The zero-order valence-electron chi connectivity index (χ0n) is 19.0. The van der Waals surface area contributed by atoms with Crippen molar-refractivity contribution in [3.05, 3.63) is 68.4 Å². The van der Waals surface area contributed by atoms with Crippen molar-refractivity contribution < 1.29 is 17.9 Å². The molecule has 0 spiro atoms. The number of hydrogen-bond acceptors (Lipinski definition) is 6. The highest BCUT2D eigenvalue weighted by molar-refractivity contribution is 6.33. The maximum atomic E-state index is 13.5. The quantitative estimate of drug-likeness (QED) is 0.520. The van der Waals surface area contributed by atoms with Gasteiger partial charge in [0.2, 0.25) is 0 Å². The van der Waals surface area contributed by atoms with Gasteiger partial charge in [-0.15, -0.1) is 5.10 Å². The third-order valence-electron chi connectivity index (χ3n) is 6.61. The lowest BCUT2D eigenvalue weighted by Crippen LogP contribution is -2.36. The number of alkyl halides is 3. The van der Waals surface area contributed by atoms with Crippen LogP contribution in [0, 0.1) is 0 Å². The summed E-state index contributed by atoms with van der Waals surface area (Å²) in [7, 11) is 0. The van der Waals surface area contributed by atoms with Gasteiger partial charge >= 0.3 is 6.18 Å². The Morgan fingerprint density at radius 3 is 2.77 bits per heavy atom. The second kappa shape index (κ2) is 9.27. The molecule has 186 valence electrons. The number of halogens is 4. The predicted molar refractivity (Wildman–Crippen MR) is 122 cm³/mol. The summed E-state index contributed by atoms with van der Waals surface area (Å²) in [6, 6.07) is 4.85.